The average molecular weight is 498 g/mol. The summed E-state index contributed by atoms with van der Waals surface area (Å²) in [5, 5.41) is 2.50. The molecule has 2 aromatic rings. The third-order valence-electron chi connectivity index (χ3n) is 5.18. The van der Waals surface area contributed by atoms with Gasteiger partial charge < -0.3 is 19.5 Å². The van der Waals surface area contributed by atoms with Gasteiger partial charge in [-0.3, -0.25) is 9.59 Å². The van der Waals surface area contributed by atoms with E-state index in [1.807, 2.05) is 36.4 Å². The lowest BCUT2D eigenvalue weighted by atomic mass is 9.95. The summed E-state index contributed by atoms with van der Waals surface area (Å²) < 4.78 is 15.9. The zero-order chi connectivity index (χ0) is 26.6. The molecule has 0 saturated carbocycles. The summed E-state index contributed by atoms with van der Waals surface area (Å²) in [5.74, 6) is -2.62. The fraction of sp³-hybridized carbons (Fsp3) is 0.429. The van der Waals surface area contributed by atoms with Crippen molar-refractivity contribution < 1.29 is 33.4 Å². The second-order valence-corrected chi connectivity index (χ2v) is 9.35. The molecular formula is C28H35NO7. The van der Waals surface area contributed by atoms with Crippen LogP contribution < -0.4 is 5.32 Å². The van der Waals surface area contributed by atoms with E-state index in [0.717, 1.165) is 11.1 Å². The maximum Gasteiger partial charge on any atom is 0.408 e. The Morgan fingerprint density at radius 1 is 0.806 bits per heavy atom. The van der Waals surface area contributed by atoms with E-state index in [1.165, 1.54) is 0 Å². The summed E-state index contributed by atoms with van der Waals surface area (Å²) >= 11 is 0. The molecule has 8 heteroatoms. The fourth-order valence-corrected chi connectivity index (χ4v) is 3.34. The van der Waals surface area contributed by atoms with E-state index < -0.39 is 35.6 Å². The number of Topliss-reactive ketones (excluding diaryl/α,β-unsaturated/α-hetero) is 1. The van der Waals surface area contributed by atoms with Crippen molar-refractivity contribution in [1.82, 2.24) is 5.32 Å². The molecule has 0 radical (unpaired) electrons. The highest BCUT2D eigenvalue weighted by Crippen LogP contribution is 2.17. The first kappa shape index (κ1) is 28.6. The van der Waals surface area contributed by atoms with Gasteiger partial charge in [-0.1, -0.05) is 67.6 Å². The number of alkyl carbamates (subject to hydrolysis) is 1. The number of carbonyl (C=O) groups excluding carboxylic acids is 4. The molecular weight excluding hydrogens is 462 g/mol. The largest absolute Gasteiger partial charge is 0.459 e. The molecule has 0 bridgehead atoms. The summed E-state index contributed by atoms with van der Waals surface area (Å²) in [6.45, 7) is 6.94. The second kappa shape index (κ2) is 14.0. The summed E-state index contributed by atoms with van der Waals surface area (Å²) in [5.41, 5.74) is 0.844. The van der Waals surface area contributed by atoms with Crippen LogP contribution in [0.4, 0.5) is 4.79 Å². The van der Waals surface area contributed by atoms with Gasteiger partial charge in [0.25, 0.3) is 0 Å². The van der Waals surface area contributed by atoms with Crippen LogP contribution >= 0.6 is 0 Å². The van der Waals surface area contributed by atoms with Gasteiger partial charge in [-0.05, 0) is 44.7 Å². The van der Waals surface area contributed by atoms with Crippen LogP contribution in [0.2, 0.25) is 0 Å². The first-order valence-electron chi connectivity index (χ1n) is 12.0. The molecule has 0 aromatic heterocycles. The summed E-state index contributed by atoms with van der Waals surface area (Å²) in [7, 11) is 0. The quantitative estimate of drug-likeness (QED) is 0.256. The second-order valence-electron chi connectivity index (χ2n) is 9.35. The Balaban J connectivity index is 2.02. The van der Waals surface area contributed by atoms with E-state index in [2.05, 4.69) is 5.32 Å². The van der Waals surface area contributed by atoms with Gasteiger partial charge in [0.15, 0.2) is 0 Å². The van der Waals surface area contributed by atoms with Gasteiger partial charge in [-0.25, -0.2) is 9.59 Å². The van der Waals surface area contributed by atoms with Crippen molar-refractivity contribution in [2.45, 2.75) is 71.8 Å². The zero-order valence-electron chi connectivity index (χ0n) is 21.3. The smallest absolute Gasteiger partial charge is 0.408 e. The molecule has 1 amide bonds. The van der Waals surface area contributed by atoms with Crippen LogP contribution in [0.5, 0.6) is 0 Å². The molecule has 2 rings (SSSR count). The third kappa shape index (κ3) is 10.3. The van der Waals surface area contributed by atoms with Crippen molar-refractivity contribution >= 4 is 23.8 Å². The van der Waals surface area contributed by atoms with Crippen LogP contribution in [0.15, 0.2) is 60.7 Å². The van der Waals surface area contributed by atoms with E-state index in [0.29, 0.717) is 0 Å². The molecule has 194 valence electrons. The number of nitrogens with one attached hydrogen (secondary N) is 1. The first-order chi connectivity index (χ1) is 17.1. The van der Waals surface area contributed by atoms with E-state index in [4.69, 9.17) is 14.2 Å². The van der Waals surface area contributed by atoms with Gasteiger partial charge in [0.05, 0.1) is 0 Å². The highest BCUT2D eigenvalue weighted by Gasteiger charge is 2.31. The minimum atomic E-state index is -1.13. The van der Waals surface area contributed by atoms with Gasteiger partial charge >= 0.3 is 18.0 Å². The molecule has 0 spiro atoms. The Bertz CT molecular complexity index is 1000. The van der Waals surface area contributed by atoms with Gasteiger partial charge in [0.2, 0.25) is 0 Å². The highest BCUT2D eigenvalue weighted by molar-refractivity contribution is 5.99. The molecule has 8 nitrogen and oxygen atoms in total. The Morgan fingerprint density at radius 3 is 1.83 bits per heavy atom. The van der Waals surface area contributed by atoms with Crippen LogP contribution in [0.25, 0.3) is 0 Å². The number of hydrogen-bond acceptors (Lipinski definition) is 7. The number of ether oxygens (including phenoxy) is 3. The van der Waals surface area contributed by atoms with Crippen molar-refractivity contribution in [2.24, 2.45) is 5.92 Å². The molecule has 2 atom stereocenters. The number of rotatable bonds is 12. The number of hydrogen-bond donors (Lipinski definition) is 1. The van der Waals surface area contributed by atoms with Gasteiger partial charge in [-0.2, -0.15) is 0 Å². The standard InChI is InChI=1S/C28H35NO7/c1-5-22(25(31)36-28(2,3)4)24(30)17-16-23(26(32)34-18-20-12-8-6-9-13-20)29-27(33)35-19-21-14-10-7-11-15-21/h6-15,22-23H,5,16-19H2,1-4H3,(H,29,33)/t22?,23-/m0/s1. The van der Waals surface area contributed by atoms with Crippen LogP contribution in [0.3, 0.4) is 0 Å². The SMILES string of the molecule is CCC(C(=O)CC[C@H](NC(=O)OCc1ccccc1)C(=O)OCc1ccccc1)C(=O)OC(C)(C)C. The van der Waals surface area contributed by atoms with Crippen molar-refractivity contribution in [3.05, 3.63) is 71.8 Å². The molecule has 2 aromatic carbocycles. The number of amides is 1. The lowest BCUT2D eigenvalue weighted by Gasteiger charge is -2.23. The molecule has 36 heavy (non-hydrogen) atoms. The fourth-order valence-electron chi connectivity index (χ4n) is 3.34. The van der Waals surface area contributed by atoms with E-state index in [1.54, 1.807) is 52.0 Å². The molecule has 0 aliphatic rings. The van der Waals surface area contributed by atoms with E-state index in [9.17, 15) is 19.2 Å². The first-order valence-corrected chi connectivity index (χ1v) is 12.0. The molecule has 0 heterocycles. The molecule has 0 fully saturated rings. The zero-order valence-corrected chi connectivity index (χ0v) is 21.3. The van der Waals surface area contributed by atoms with Crippen LogP contribution in [0.1, 0.15) is 58.1 Å². The molecule has 0 aliphatic heterocycles. The Labute approximate surface area is 212 Å². The van der Waals surface area contributed by atoms with Crippen molar-refractivity contribution in [3.8, 4) is 0 Å². The molecule has 0 aliphatic carbocycles. The number of carbonyl (C=O) groups is 4. The van der Waals surface area contributed by atoms with Gasteiger partial charge in [0.1, 0.15) is 36.6 Å². The lowest BCUT2D eigenvalue weighted by Crippen LogP contribution is -2.42. The normalized spacial score (nSPS) is 12.7. The minimum absolute atomic E-state index is 0.0142. The Kier molecular flexibility index (Phi) is 11.1. The summed E-state index contributed by atoms with van der Waals surface area (Å²) in [4.78, 5) is 50.5. The van der Waals surface area contributed by atoms with E-state index >= 15 is 0 Å². The number of benzene rings is 2. The topological polar surface area (TPSA) is 108 Å². The maximum absolute atomic E-state index is 12.8. The Morgan fingerprint density at radius 2 is 1.33 bits per heavy atom. The molecule has 1 unspecified atom stereocenters. The average Bonchev–Trinajstić information content (AvgIpc) is 2.84. The van der Waals surface area contributed by atoms with Crippen LogP contribution in [-0.2, 0) is 41.8 Å². The van der Waals surface area contributed by atoms with Crippen LogP contribution in [-0.4, -0.2) is 35.5 Å². The number of ketones is 1. The van der Waals surface area contributed by atoms with Gasteiger partial charge in [0, 0.05) is 6.42 Å². The maximum atomic E-state index is 12.8. The van der Waals surface area contributed by atoms with Crippen molar-refractivity contribution in [1.29, 1.82) is 0 Å². The Hall–Kier alpha value is -3.68. The summed E-state index contributed by atoms with van der Waals surface area (Å²) in [6, 6.07) is 17.1. The summed E-state index contributed by atoms with van der Waals surface area (Å²) in [6.07, 6.45) is -0.718. The monoisotopic (exact) mass is 497 g/mol. The number of esters is 2. The predicted molar refractivity (Wildman–Crippen MR) is 134 cm³/mol. The van der Waals surface area contributed by atoms with Crippen LogP contribution in [0, 0.1) is 5.92 Å². The van der Waals surface area contributed by atoms with Crippen molar-refractivity contribution in [2.75, 3.05) is 0 Å². The molecule has 1 N–H and O–H groups in total. The van der Waals surface area contributed by atoms with Crippen molar-refractivity contribution in [3.63, 3.8) is 0 Å². The van der Waals surface area contributed by atoms with E-state index in [-0.39, 0.29) is 38.3 Å². The predicted octanol–water partition coefficient (Wildman–Crippen LogP) is 4.74. The lowest BCUT2D eigenvalue weighted by molar-refractivity contribution is -0.162. The highest BCUT2D eigenvalue weighted by atomic mass is 16.6. The third-order valence-corrected chi connectivity index (χ3v) is 5.18. The van der Waals surface area contributed by atoms with Gasteiger partial charge in [-0.15, -0.1) is 0 Å². The minimum Gasteiger partial charge on any atom is -0.459 e. The molecule has 0 saturated heterocycles.